The highest BCUT2D eigenvalue weighted by Crippen LogP contribution is 2.33. The monoisotopic (exact) mass is 432 g/mol. The van der Waals surface area contributed by atoms with Crippen LogP contribution in [0.25, 0.3) is 10.9 Å². The third-order valence-corrected chi connectivity index (χ3v) is 7.60. The van der Waals surface area contributed by atoms with Gasteiger partial charge < -0.3 is 15.0 Å². The lowest BCUT2D eigenvalue weighted by Crippen LogP contribution is -2.37. The Morgan fingerprint density at radius 3 is 2.86 bits per heavy atom. The van der Waals surface area contributed by atoms with Crippen molar-refractivity contribution in [3.05, 3.63) is 28.9 Å². The molecular formula is C22H29ClN4OS. The number of rotatable bonds is 6. The predicted molar refractivity (Wildman–Crippen MR) is 124 cm³/mol. The van der Waals surface area contributed by atoms with E-state index < -0.39 is 0 Å². The number of fused-ring (bicyclic) bond motifs is 1. The molecule has 0 bridgehead atoms. The molecule has 2 fully saturated rings. The zero-order valence-electron chi connectivity index (χ0n) is 16.8. The molecule has 7 heteroatoms. The van der Waals surface area contributed by atoms with E-state index in [1.807, 2.05) is 17.8 Å². The molecule has 0 amide bonds. The largest absolute Gasteiger partial charge is 0.381 e. The number of hydrogen-bond acceptors (Lipinski definition) is 5. The Labute approximate surface area is 181 Å². The summed E-state index contributed by atoms with van der Waals surface area (Å²) in [6.45, 7) is 4.95. The van der Waals surface area contributed by atoms with Crippen molar-refractivity contribution in [3.8, 4) is 0 Å². The number of aromatic nitrogens is 1. The molecule has 1 aromatic heterocycles. The topological polar surface area (TPSA) is 52.7 Å². The van der Waals surface area contributed by atoms with Gasteiger partial charge in [-0.05, 0) is 37.5 Å². The average molecular weight is 433 g/mol. The molecule has 1 saturated carbocycles. The van der Waals surface area contributed by atoms with Gasteiger partial charge in [-0.25, -0.2) is 0 Å². The molecule has 1 aromatic carbocycles. The Morgan fingerprint density at radius 2 is 2.03 bits per heavy atom. The Morgan fingerprint density at radius 1 is 1.21 bits per heavy atom. The summed E-state index contributed by atoms with van der Waals surface area (Å²) >= 11 is 8.28. The summed E-state index contributed by atoms with van der Waals surface area (Å²) in [5, 5.41) is 6.80. The number of benzene rings is 1. The van der Waals surface area contributed by atoms with Crippen LogP contribution in [0.1, 0.15) is 37.8 Å². The fourth-order valence-electron chi connectivity index (χ4n) is 4.59. The highest BCUT2D eigenvalue weighted by Gasteiger charge is 2.23. The molecule has 2 aromatic rings. The third kappa shape index (κ3) is 4.61. The van der Waals surface area contributed by atoms with Crippen LogP contribution >= 0.6 is 23.4 Å². The number of nitrogens with one attached hydrogen (secondary N) is 2. The molecular weight excluding hydrogens is 404 g/mol. The first-order valence-corrected chi connectivity index (χ1v) is 12.2. The lowest BCUT2D eigenvalue weighted by atomic mass is 10.2. The van der Waals surface area contributed by atoms with Gasteiger partial charge in [0.2, 0.25) is 0 Å². The van der Waals surface area contributed by atoms with E-state index in [2.05, 4.69) is 27.3 Å². The second-order valence-electron chi connectivity index (χ2n) is 8.37. The smallest absolute Gasteiger partial charge is 0.114 e. The van der Waals surface area contributed by atoms with Gasteiger partial charge in [0.25, 0.3) is 0 Å². The van der Waals surface area contributed by atoms with Crippen LogP contribution in [0.3, 0.4) is 0 Å². The van der Waals surface area contributed by atoms with Gasteiger partial charge in [-0.2, -0.15) is 0 Å². The highest BCUT2D eigenvalue weighted by molar-refractivity contribution is 8.14. The summed E-state index contributed by atoms with van der Waals surface area (Å²) in [4.78, 5) is 11.2. The lowest BCUT2D eigenvalue weighted by molar-refractivity contribution is 0.0369. The van der Waals surface area contributed by atoms with Gasteiger partial charge >= 0.3 is 0 Å². The number of morpholine rings is 1. The van der Waals surface area contributed by atoms with E-state index in [9.17, 15) is 0 Å². The fraction of sp³-hybridized carbons (Fsp3) is 0.591. The van der Waals surface area contributed by atoms with Gasteiger partial charge in [0.15, 0.2) is 0 Å². The number of ether oxygens (including phenoxy) is 1. The predicted octanol–water partition coefficient (Wildman–Crippen LogP) is 4.76. The fourth-order valence-corrected chi connectivity index (χ4v) is 5.90. The van der Waals surface area contributed by atoms with Gasteiger partial charge in [-0.15, -0.1) is 11.8 Å². The van der Waals surface area contributed by atoms with Crippen molar-refractivity contribution in [2.24, 2.45) is 4.99 Å². The van der Waals surface area contributed by atoms with E-state index in [1.165, 1.54) is 25.7 Å². The molecule has 0 radical (unpaired) electrons. The van der Waals surface area contributed by atoms with Crippen molar-refractivity contribution in [2.75, 3.05) is 43.9 Å². The first-order chi connectivity index (χ1) is 14.2. The number of aromatic amines is 1. The molecule has 0 spiro atoms. The maximum Gasteiger partial charge on any atom is 0.114 e. The van der Waals surface area contributed by atoms with Crippen LogP contribution in [-0.4, -0.2) is 65.6 Å². The zero-order valence-corrected chi connectivity index (χ0v) is 18.3. The Kier molecular flexibility index (Phi) is 6.04. The second kappa shape index (κ2) is 8.88. The van der Waals surface area contributed by atoms with Gasteiger partial charge in [-0.1, -0.05) is 24.4 Å². The number of hydrogen-bond donors (Lipinski definition) is 2. The average Bonchev–Trinajstić information content (AvgIpc) is 3.47. The van der Waals surface area contributed by atoms with E-state index in [0.717, 1.165) is 77.4 Å². The van der Waals surface area contributed by atoms with Crippen molar-refractivity contribution in [1.29, 1.82) is 0 Å². The van der Waals surface area contributed by atoms with E-state index in [4.69, 9.17) is 21.3 Å². The number of nitrogens with zero attached hydrogens (tertiary/aromatic N) is 2. The number of H-pyrrole nitrogens is 1. The first-order valence-electron chi connectivity index (χ1n) is 10.8. The van der Waals surface area contributed by atoms with Crippen molar-refractivity contribution in [1.82, 2.24) is 9.88 Å². The maximum absolute atomic E-state index is 6.41. The number of halogens is 1. The maximum atomic E-state index is 6.41. The van der Waals surface area contributed by atoms with Crippen molar-refractivity contribution in [3.63, 3.8) is 0 Å². The normalized spacial score (nSPS) is 23.8. The minimum atomic E-state index is 0.406. The summed E-state index contributed by atoms with van der Waals surface area (Å²) in [5.41, 5.74) is 3.39. The summed E-state index contributed by atoms with van der Waals surface area (Å²) in [6, 6.07) is 7.27. The standard InChI is InChI=1S/C22H29ClN4OS/c23-16-11-15-12-20(26-21(15)19(13-16)24-17-3-1-2-4-17)22-25-18(14-29-22)5-6-27-7-9-28-10-8-27/h11-13,17-18,24,26H,1-10,14H2. The van der Waals surface area contributed by atoms with Crippen LogP contribution in [0.15, 0.2) is 23.2 Å². The molecule has 1 saturated heterocycles. The molecule has 1 unspecified atom stereocenters. The van der Waals surface area contributed by atoms with Crippen LogP contribution in [-0.2, 0) is 4.74 Å². The van der Waals surface area contributed by atoms with Crippen molar-refractivity contribution in [2.45, 2.75) is 44.2 Å². The Bertz CT molecular complexity index is 886. The van der Waals surface area contributed by atoms with Crippen LogP contribution in [0.5, 0.6) is 0 Å². The molecule has 1 aliphatic carbocycles. The number of anilines is 1. The molecule has 29 heavy (non-hydrogen) atoms. The lowest BCUT2D eigenvalue weighted by Gasteiger charge is -2.26. The molecule has 1 atom stereocenters. The summed E-state index contributed by atoms with van der Waals surface area (Å²) < 4.78 is 5.44. The summed E-state index contributed by atoms with van der Waals surface area (Å²) in [6.07, 6.45) is 6.24. The molecule has 3 aliphatic rings. The van der Waals surface area contributed by atoms with Gasteiger partial charge in [0.05, 0.1) is 36.2 Å². The minimum Gasteiger partial charge on any atom is -0.381 e. The number of thioether (sulfide) groups is 1. The van der Waals surface area contributed by atoms with Crippen LogP contribution in [0.4, 0.5) is 5.69 Å². The second-order valence-corrected chi connectivity index (χ2v) is 9.81. The number of aliphatic imine (C=N–C) groups is 1. The van der Waals surface area contributed by atoms with E-state index in [1.54, 1.807) is 0 Å². The van der Waals surface area contributed by atoms with Gasteiger partial charge in [0, 0.05) is 41.8 Å². The summed E-state index contributed by atoms with van der Waals surface area (Å²) in [5.74, 6) is 1.07. The van der Waals surface area contributed by atoms with E-state index in [-0.39, 0.29) is 0 Å². The van der Waals surface area contributed by atoms with E-state index >= 15 is 0 Å². The van der Waals surface area contributed by atoms with Gasteiger partial charge in [0.1, 0.15) is 5.04 Å². The quantitative estimate of drug-likeness (QED) is 0.690. The van der Waals surface area contributed by atoms with Gasteiger partial charge in [-0.3, -0.25) is 9.89 Å². The minimum absolute atomic E-state index is 0.406. The molecule has 5 nitrogen and oxygen atoms in total. The van der Waals surface area contributed by atoms with Crippen LogP contribution < -0.4 is 5.32 Å². The molecule has 3 heterocycles. The highest BCUT2D eigenvalue weighted by atomic mass is 35.5. The SMILES string of the molecule is Clc1cc(NC2CCCC2)c2[nH]c(C3=NC(CCN4CCOCC4)CS3)cc2c1. The van der Waals surface area contributed by atoms with E-state index in [0.29, 0.717) is 12.1 Å². The van der Waals surface area contributed by atoms with Crippen molar-refractivity contribution >= 4 is 45.0 Å². The molecule has 2 N–H and O–H groups in total. The Hall–Kier alpha value is -1.21. The van der Waals surface area contributed by atoms with Crippen molar-refractivity contribution < 1.29 is 4.74 Å². The third-order valence-electron chi connectivity index (χ3n) is 6.23. The zero-order chi connectivity index (χ0) is 19.6. The van der Waals surface area contributed by atoms with Crippen LogP contribution in [0, 0.1) is 0 Å². The molecule has 5 rings (SSSR count). The molecule has 2 aliphatic heterocycles. The Balaban J connectivity index is 1.30. The van der Waals surface area contributed by atoms with Crippen LogP contribution in [0.2, 0.25) is 5.02 Å². The molecule has 156 valence electrons. The summed E-state index contributed by atoms with van der Waals surface area (Å²) in [7, 11) is 0. The first kappa shape index (κ1) is 19.7.